The van der Waals surface area contributed by atoms with E-state index in [1.165, 1.54) is 22.5 Å². The van der Waals surface area contributed by atoms with Gasteiger partial charge in [0.1, 0.15) is 0 Å². The first-order valence-electron chi connectivity index (χ1n) is 11.6. The van der Waals surface area contributed by atoms with E-state index in [2.05, 4.69) is 27.9 Å². The molecule has 1 saturated heterocycles. The molecule has 10 heteroatoms. The summed E-state index contributed by atoms with van der Waals surface area (Å²) in [7, 11) is 0. The van der Waals surface area contributed by atoms with Crippen LogP contribution in [0.5, 0.6) is 0 Å². The number of likely N-dealkylation sites (tertiary alicyclic amines) is 1. The molecule has 1 aliphatic heterocycles. The molecule has 1 aromatic heterocycles. The number of piperidine rings is 1. The molecular weight excluding hydrogens is 457 g/mol. The fourth-order valence-electron chi connectivity index (χ4n) is 4.23. The van der Waals surface area contributed by atoms with Crippen LogP contribution in [-0.4, -0.2) is 46.4 Å². The van der Waals surface area contributed by atoms with Crippen molar-refractivity contribution in [2.24, 2.45) is 5.73 Å². The predicted molar refractivity (Wildman–Crippen MR) is 128 cm³/mol. The number of hydrogen-bond acceptors (Lipinski definition) is 4. The zero-order valence-corrected chi connectivity index (χ0v) is 19.3. The third-order valence-electron chi connectivity index (χ3n) is 6.14. The quantitative estimate of drug-likeness (QED) is 0.468. The van der Waals surface area contributed by atoms with Gasteiger partial charge < -0.3 is 21.3 Å². The first-order chi connectivity index (χ1) is 16.8. The number of nitrogens with two attached hydrogens (primary N) is 1. The molecule has 0 bridgehead atoms. The van der Waals surface area contributed by atoms with E-state index in [0.29, 0.717) is 25.3 Å². The molecule has 4 N–H and O–H groups in total. The molecule has 1 fully saturated rings. The highest BCUT2D eigenvalue weighted by Crippen LogP contribution is 2.33. The average molecular weight is 487 g/mol. The molecule has 0 aliphatic carbocycles. The Hall–Kier alpha value is -3.53. The van der Waals surface area contributed by atoms with Gasteiger partial charge in [0.15, 0.2) is 0 Å². The predicted octanol–water partition coefficient (Wildman–Crippen LogP) is 4.18. The lowest BCUT2D eigenvalue weighted by Gasteiger charge is -2.33. The molecule has 4 rings (SSSR count). The summed E-state index contributed by atoms with van der Waals surface area (Å²) < 4.78 is 42.4. The first kappa shape index (κ1) is 24.6. The number of benzene rings is 2. The largest absolute Gasteiger partial charge is 0.416 e. The summed E-state index contributed by atoms with van der Waals surface area (Å²) in [5.74, 6) is 0. The van der Waals surface area contributed by atoms with E-state index in [1.54, 1.807) is 23.2 Å². The Morgan fingerprint density at radius 2 is 1.86 bits per heavy atom. The van der Waals surface area contributed by atoms with Crippen molar-refractivity contribution in [1.82, 2.24) is 20.0 Å². The molecule has 2 amide bonds. The van der Waals surface area contributed by atoms with Gasteiger partial charge in [-0.1, -0.05) is 18.2 Å². The normalized spacial score (nSPS) is 14.7. The monoisotopic (exact) mass is 486 g/mol. The molecule has 3 aromatic rings. The summed E-state index contributed by atoms with van der Waals surface area (Å²) in [6.07, 6.45) is 0.878. The van der Waals surface area contributed by atoms with Crippen molar-refractivity contribution < 1.29 is 18.0 Å². The van der Waals surface area contributed by atoms with Crippen LogP contribution >= 0.6 is 0 Å². The molecule has 1 aliphatic rings. The maximum Gasteiger partial charge on any atom is 0.416 e. The SMILES string of the molecule is NCCc1ccc(NC2CCN(C(=O)NCc3ccc(-n4cccn4)cc3C(F)(F)F)CC2)cc1. The molecule has 0 unspecified atom stereocenters. The minimum absolute atomic E-state index is 0.0105. The fourth-order valence-corrected chi connectivity index (χ4v) is 4.23. The second kappa shape index (κ2) is 10.8. The summed E-state index contributed by atoms with van der Waals surface area (Å²) in [6.45, 7) is 1.46. The van der Waals surface area contributed by atoms with Gasteiger partial charge in [0.2, 0.25) is 0 Å². The summed E-state index contributed by atoms with van der Waals surface area (Å²) in [5.41, 5.74) is 7.32. The standard InChI is InChI=1S/C25H29F3N6O/c26-25(27,28)23-16-22(34-13-1-12-31-34)7-4-19(23)17-30-24(35)33-14-9-21(10-15-33)32-20-5-2-18(3-6-20)8-11-29/h1-7,12-13,16,21,32H,8-11,14-15,17,29H2,(H,30,35). The van der Waals surface area contributed by atoms with Crippen molar-refractivity contribution in [2.75, 3.05) is 25.0 Å². The maximum absolute atomic E-state index is 13.7. The Morgan fingerprint density at radius 1 is 1.11 bits per heavy atom. The van der Waals surface area contributed by atoms with Crippen molar-refractivity contribution in [3.63, 3.8) is 0 Å². The summed E-state index contributed by atoms with van der Waals surface area (Å²) in [4.78, 5) is 14.3. The zero-order chi connectivity index (χ0) is 24.8. The van der Waals surface area contributed by atoms with Gasteiger partial charge in [0, 0.05) is 43.8 Å². The Balaban J connectivity index is 1.30. The highest BCUT2D eigenvalue weighted by atomic mass is 19.4. The van der Waals surface area contributed by atoms with E-state index in [1.807, 2.05) is 12.1 Å². The van der Waals surface area contributed by atoms with Crippen LogP contribution in [0.1, 0.15) is 29.5 Å². The number of alkyl halides is 3. The Bertz CT molecular complexity index is 1110. The van der Waals surface area contributed by atoms with Crippen molar-refractivity contribution in [1.29, 1.82) is 0 Å². The minimum atomic E-state index is -4.55. The second-order valence-corrected chi connectivity index (χ2v) is 8.59. The lowest BCUT2D eigenvalue weighted by Crippen LogP contribution is -2.46. The van der Waals surface area contributed by atoms with E-state index in [9.17, 15) is 18.0 Å². The molecule has 0 spiro atoms. The number of amides is 2. The number of hydrogen-bond donors (Lipinski definition) is 3. The summed E-state index contributed by atoms with van der Waals surface area (Å²) in [5, 5.41) is 10.1. The Labute approximate surface area is 202 Å². The van der Waals surface area contributed by atoms with Crippen molar-refractivity contribution in [3.8, 4) is 5.69 Å². The van der Waals surface area contributed by atoms with Gasteiger partial charge >= 0.3 is 12.2 Å². The van der Waals surface area contributed by atoms with Crippen LogP contribution in [-0.2, 0) is 19.1 Å². The van der Waals surface area contributed by atoms with E-state index >= 15 is 0 Å². The number of halogens is 3. The van der Waals surface area contributed by atoms with Crippen LogP contribution < -0.4 is 16.4 Å². The lowest BCUT2D eigenvalue weighted by molar-refractivity contribution is -0.138. The smallest absolute Gasteiger partial charge is 0.382 e. The van der Waals surface area contributed by atoms with Gasteiger partial charge in [-0.2, -0.15) is 18.3 Å². The molecule has 35 heavy (non-hydrogen) atoms. The third kappa shape index (κ3) is 6.33. The second-order valence-electron chi connectivity index (χ2n) is 8.59. The van der Waals surface area contributed by atoms with Crippen LogP contribution in [0.15, 0.2) is 60.9 Å². The number of nitrogens with zero attached hydrogens (tertiary/aromatic N) is 3. The van der Waals surface area contributed by atoms with Crippen LogP contribution in [0.25, 0.3) is 5.69 Å². The van der Waals surface area contributed by atoms with E-state index in [0.717, 1.165) is 31.0 Å². The molecule has 2 aromatic carbocycles. The lowest BCUT2D eigenvalue weighted by atomic mass is 10.0. The van der Waals surface area contributed by atoms with Gasteiger partial charge in [0.05, 0.1) is 11.3 Å². The average Bonchev–Trinajstić information content (AvgIpc) is 3.39. The molecule has 0 atom stereocenters. The van der Waals surface area contributed by atoms with Gasteiger partial charge in [-0.15, -0.1) is 0 Å². The number of anilines is 1. The molecule has 0 radical (unpaired) electrons. The van der Waals surface area contributed by atoms with Gasteiger partial charge in [-0.05, 0) is 67.3 Å². The fraction of sp³-hybridized carbons (Fsp3) is 0.360. The molecule has 0 saturated carbocycles. The van der Waals surface area contributed by atoms with Gasteiger partial charge in [-0.25, -0.2) is 9.48 Å². The van der Waals surface area contributed by atoms with Crippen LogP contribution in [0, 0.1) is 0 Å². The number of rotatable bonds is 7. The molecule has 186 valence electrons. The van der Waals surface area contributed by atoms with Crippen LogP contribution in [0.3, 0.4) is 0 Å². The van der Waals surface area contributed by atoms with Crippen LogP contribution in [0.4, 0.5) is 23.7 Å². The van der Waals surface area contributed by atoms with E-state index in [-0.39, 0.29) is 24.2 Å². The summed E-state index contributed by atoms with van der Waals surface area (Å²) >= 11 is 0. The topological polar surface area (TPSA) is 88.2 Å². The Morgan fingerprint density at radius 3 is 2.49 bits per heavy atom. The zero-order valence-electron chi connectivity index (χ0n) is 19.3. The number of urea groups is 1. The van der Waals surface area contributed by atoms with Gasteiger partial charge in [0.25, 0.3) is 0 Å². The maximum atomic E-state index is 13.7. The Kier molecular flexibility index (Phi) is 7.60. The number of carbonyl (C=O) groups is 1. The number of nitrogens with one attached hydrogen (secondary N) is 2. The van der Waals surface area contributed by atoms with Crippen molar-refractivity contribution >= 4 is 11.7 Å². The number of carbonyl (C=O) groups excluding carboxylic acids is 1. The van der Waals surface area contributed by atoms with Crippen molar-refractivity contribution in [2.45, 2.75) is 38.0 Å². The molecular formula is C25H29F3N6O. The van der Waals surface area contributed by atoms with Crippen molar-refractivity contribution in [3.05, 3.63) is 77.6 Å². The molecule has 7 nitrogen and oxygen atoms in total. The third-order valence-corrected chi connectivity index (χ3v) is 6.14. The highest BCUT2D eigenvalue weighted by Gasteiger charge is 2.34. The van der Waals surface area contributed by atoms with E-state index in [4.69, 9.17) is 5.73 Å². The van der Waals surface area contributed by atoms with Crippen LogP contribution in [0.2, 0.25) is 0 Å². The molecule has 2 heterocycles. The number of aromatic nitrogens is 2. The highest BCUT2D eigenvalue weighted by molar-refractivity contribution is 5.74. The summed E-state index contributed by atoms with van der Waals surface area (Å²) in [6, 6.07) is 13.7. The van der Waals surface area contributed by atoms with Gasteiger partial charge in [-0.3, -0.25) is 0 Å². The van der Waals surface area contributed by atoms with E-state index < -0.39 is 11.7 Å². The minimum Gasteiger partial charge on any atom is -0.382 e. The first-order valence-corrected chi connectivity index (χ1v) is 11.6.